The molecule has 0 saturated heterocycles. The zero-order valence-electron chi connectivity index (χ0n) is 9.97. The van der Waals surface area contributed by atoms with E-state index in [1.165, 1.54) is 0 Å². The maximum Gasteiger partial charge on any atom is 0.240 e. The lowest BCUT2D eigenvalue weighted by atomic mass is 10.1. The van der Waals surface area contributed by atoms with Crippen molar-refractivity contribution in [1.82, 2.24) is 0 Å². The fourth-order valence-corrected chi connectivity index (χ4v) is 1.89. The lowest BCUT2D eigenvalue weighted by Gasteiger charge is -2.33. The van der Waals surface area contributed by atoms with Gasteiger partial charge in [-0.2, -0.15) is 0 Å². The van der Waals surface area contributed by atoms with E-state index in [1.807, 2.05) is 32.0 Å². The number of nitrogens with two attached hydrogens (primary N) is 1. The molecule has 1 aromatic rings. The van der Waals surface area contributed by atoms with E-state index >= 15 is 0 Å². The second-order valence-corrected chi connectivity index (χ2v) is 4.11. The highest BCUT2D eigenvalue weighted by Gasteiger charge is 2.26. The van der Waals surface area contributed by atoms with Crippen LogP contribution in [0.3, 0.4) is 0 Å². The van der Waals surface area contributed by atoms with E-state index in [0.29, 0.717) is 6.54 Å². The van der Waals surface area contributed by atoms with E-state index in [0.717, 1.165) is 17.0 Å². The van der Waals surface area contributed by atoms with Crippen LogP contribution in [0, 0.1) is 6.92 Å². The Kier molecular flexibility index (Phi) is 4.37. The molecule has 2 N–H and O–H groups in total. The Morgan fingerprint density at radius 2 is 2.29 bits per heavy atom. The summed E-state index contributed by atoms with van der Waals surface area (Å²) in [5, 5.41) is 0. The van der Waals surface area contributed by atoms with Crippen molar-refractivity contribution in [3.63, 3.8) is 0 Å². The van der Waals surface area contributed by atoms with Crippen LogP contribution in [-0.4, -0.2) is 25.1 Å². The molecule has 5 heteroatoms. The summed E-state index contributed by atoms with van der Waals surface area (Å²) in [5.41, 5.74) is 7.34. The van der Waals surface area contributed by atoms with Crippen LogP contribution >= 0.6 is 12.4 Å². The number of carbonyl (C=O) groups is 1. The van der Waals surface area contributed by atoms with Crippen LogP contribution in [0.25, 0.3) is 0 Å². The molecule has 0 fully saturated rings. The summed E-state index contributed by atoms with van der Waals surface area (Å²) in [7, 11) is 0. The van der Waals surface area contributed by atoms with Crippen molar-refractivity contribution in [3.8, 4) is 5.75 Å². The Hall–Kier alpha value is -1.26. The number of anilines is 1. The first-order valence-electron chi connectivity index (χ1n) is 5.39. The molecule has 1 aliphatic rings. The summed E-state index contributed by atoms with van der Waals surface area (Å²) in [6, 6.07) is 5.82. The molecular weight excluding hydrogens is 240 g/mol. The highest BCUT2D eigenvalue weighted by atomic mass is 35.5. The van der Waals surface area contributed by atoms with Crippen molar-refractivity contribution in [3.05, 3.63) is 23.8 Å². The van der Waals surface area contributed by atoms with Crippen molar-refractivity contribution in [1.29, 1.82) is 0 Å². The molecule has 1 amide bonds. The number of amides is 1. The highest BCUT2D eigenvalue weighted by molar-refractivity contribution is 5.96. The number of hydrogen-bond donors (Lipinski definition) is 1. The van der Waals surface area contributed by atoms with Crippen molar-refractivity contribution in [2.75, 3.05) is 18.0 Å². The monoisotopic (exact) mass is 256 g/mol. The van der Waals surface area contributed by atoms with Crippen molar-refractivity contribution < 1.29 is 9.53 Å². The molecular formula is C12H17ClN2O2. The molecule has 0 aliphatic carbocycles. The average Bonchev–Trinajstić information content (AvgIpc) is 2.26. The molecule has 1 unspecified atom stereocenters. The molecule has 2 rings (SSSR count). The first kappa shape index (κ1) is 13.8. The van der Waals surface area contributed by atoms with Crippen LogP contribution in [0.1, 0.15) is 12.5 Å². The van der Waals surface area contributed by atoms with Gasteiger partial charge in [-0.15, -0.1) is 12.4 Å². The minimum atomic E-state index is -0.0692. The third kappa shape index (κ3) is 2.70. The number of carbonyl (C=O) groups excluding carboxylic acids is 1. The zero-order valence-corrected chi connectivity index (χ0v) is 10.8. The number of halogens is 1. The maximum atomic E-state index is 11.7. The number of rotatable bonds is 1. The first-order chi connectivity index (χ1) is 7.61. The number of fused-ring (bicyclic) bond motifs is 1. The van der Waals surface area contributed by atoms with E-state index < -0.39 is 0 Å². The molecule has 1 aliphatic heterocycles. The lowest BCUT2D eigenvalue weighted by molar-refractivity contribution is -0.117. The van der Waals surface area contributed by atoms with Gasteiger partial charge in [0.2, 0.25) is 5.91 Å². The first-order valence-corrected chi connectivity index (χ1v) is 5.39. The SMILES string of the molecule is Cc1ccc2c(c1)OC(C)CN2C(=O)CN.Cl. The van der Waals surface area contributed by atoms with Crippen molar-refractivity contribution >= 4 is 24.0 Å². The van der Waals surface area contributed by atoms with Crippen LogP contribution < -0.4 is 15.4 Å². The van der Waals surface area contributed by atoms with E-state index in [1.54, 1.807) is 4.90 Å². The van der Waals surface area contributed by atoms with Gasteiger partial charge in [0, 0.05) is 0 Å². The number of nitrogens with zero attached hydrogens (tertiary/aromatic N) is 1. The average molecular weight is 257 g/mol. The largest absolute Gasteiger partial charge is 0.487 e. The second kappa shape index (κ2) is 5.38. The summed E-state index contributed by atoms with van der Waals surface area (Å²) in [5.74, 6) is 0.695. The molecule has 0 aromatic heterocycles. The van der Waals surface area contributed by atoms with Crippen molar-refractivity contribution in [2.24, 2.45) is 5.73 Å². The molecule has 94 valence electrons. The molecule has 0 bridgehead atoms. The van der Waals surface area contributed by atoms with E-state index in [-0.39, 0.29) is 31.0 Å². The van der Waals surface area contributed by atoms with Gasteiger partial charge in [0.05, 0.1) is 18.8 Å². The molecule has 1 heterocycles. The van der Waals surface area contributed by atoms with Gasteiger partial charge in [0.25, 0.3) is 0 Å². The van der Waals surface area contributed by atoms with E-state index in [4.69, 9.17) is 10.5 Å². The molecule has 0 spiro atoms. The standard InChI is InChI=1S/C12H16N2O2.ClH/c1-8-3-4-10-11(5-8)16-9(2)7-14(10)12(15)6-13;/h3-5,9H,6-7,13H2,1-2H3;1H. The fraction of sp³-hybridized carbons (Fsp3) is 0.417. The minimum Gasteiger partial charge on any atom is -0.487 e. The van der Waals surface area contributed by atoms with Gasteiger partial charge in [-0.1, -0.05) is 6.07 Å². The Balaban J connectivity index is 0.00000144. The summed E-state index contributed by atoms with van der Waals surface area (Å²) < 4.78 is 5.70. The van der Waals surface area contributed by atoms with Crippen LogP contribution in [-0.2, 0) is 4.79 Å². The lowest BCUT2D eigenvalue weighted by Crippen LogP contribution is -2.44. The number of hydrogen-bond acceptors (Lipinski definition) is 3. The molecule has 0 radical (unpaired) electrons. The van der Waals surface area contributed by atoms with Gasteiger partial charge in [0.1, 0.15) is 11.9 Å². The zero-order chi connectivity index (χ0) is 11.7. The van der Waals surface area contributed by atoms with Gasteiger partial charge in [0.15, 0.2) is 0 Å². The Labute approximate surface area is 107 Å². The van der Waals surface area contributed by atoms with Gasteiger partial charge < -0.3 is 15.4 Å². The number of benzene rings is 1. The third-order valence-corrected chi connectivity index (χ3v) is 2.65. The Morgan fingerprint density at radius 3 is 2.94 bits per heavy atom. The molecule has 1 atom stereocenters. The summed E-state index contributed by atoms with van der Waals surface area (Å²) >= 11 is 0. The van der Waals surface area contributed by atoms with Gasteiger partial charge in [-0.05, 0) is 31.5 Å². The van der Waals surface area contributed by atoms with Crippen LogP contribution in [0.5, 0.6) is 5.75 Å². The second-order valence-electron chi connectivity index (χ2n) is 4.11. The molecule has 0 saturated carbocycles. The molecule has 17 heavy (non-hydrogen) atoms. The van der Waals surface area contributed by atoms with Crippen molar-refractivity contribution in [2.45, 2.75) is 20.0 Å². The van der Waals surface area contributed by atoms with Gasteiger partial charge in [-0.3, -0.25) is 4.79 Å². The fourth-order valence-electron chi connectivity index (χ4n) is 1.89. The quantitative estimate of drug-likeness (QED) is 0.828. The topological polar surface area (TPSA) is 55.6 Å². The van der Waals surface area contributed by atoms with Crippen LogP contribution in [0.4, 0.5) is 5.69 Å². The Bertz CT molecular complexity index is 423. The minimum absolute atomic E-state index is 0. The molecule has 4 nitrogen and oxygen atoms in total. The highest BCUT2D eigenvalue weighted by Crippen LogP contribution is 2.34. The van der Waals surface area contributed by atoms with Crippen LogP contribution in [0.2, 0.25) is 0 Å². The smallest absolute Gasteiger partial charge is 0.240 e. The Morgan fingerprint density at radius 1 is 1.59 bits per heavy atom. The predicted octanol–water partition coefficient (Wildman–Crippen LogP) is 1.49. The molecule has 1 aromatic carbocycles. The van der Waals surface area contributed by atoms with E-state index in [9.17, 15) is 4.79 Å². The summed E-state index contributed by atoms with van der Waals surface area (Å²) in [6.07, 6.45) is 0.00444. The normalized spacial score (nSPS) is 17.8. The van der Waals surface area contributed by atoms with Gasteiger partial charge >= 0.3 is 0 Å². The summed E-state index contributed by atoms with van der Waals surface area (Å²) in [4.78, 5) is 13.4. The summed E-state index contributed by atoms with van der Waals surface area (Å²) in [6.45, 7) is 4.53. The number of aryl methyl sites for hydroxylation is 1. The van der Waals surface area contributed by atoms with E-state index in [2.05, 4.69) is 0 Å². The van der Waals surface area contributed by atoms with Crippen LogP contribution in [0.15, 0.2) is 18.2 Å². The maximum absolute atomic E-state index is 11.7. The predicted molar refractivity (Wildman–Crippen MR) is 69.9 cm³/mol. The number of ether oxygens (including phenoxy) is 1. The van der Waals surface area contributed by atoms with Gasteiger partial charge in [-0.25, -0.2) is 0 Å². The third-order valence-electron chi connectivity index (χ3n) is 2.65.